The molecule has 0 atom stereocenters. The molecule has 0 unspecified atom stereocenters. The second-order valence-electron chi connectivity index (χ2n) is 2.64. The molecule has 2 N–H and O–H groups in total. The van der Waals surface area contributed by atoms with E-state index in [-0.39, 0.29) is 34.1 Å². The third kappa shape index (κ3) is 1.77. The van der Waals surface area contributed by atoms with Crippen molar-refractivity contribution in [3.8, 4) is 0 Å². The SMILES string of the molecule is Cc1nc(=N)n2n[c-][nH]c2c1C.[CH3-].[W+2]. The molecule has 0 saturated carbocycles. The van der Waals surface area contributed by atoms with Crippen LogP contribution in [-0.2, 0) is 21.1 Å². The van der Waals surface area contributed by atoms with Crippen molar-refractivity contribution in [3.05, 3.63) is 30.6 Å². The molecule has 2 aromatic rings. The van der Waals surface area contributed by atoms with E-state index >= 15 is 0 Å². The number of rotatable bonds is 0. The van der Waals surface area contributed by atoms with Crippen molar-refractivity contribution < 1.29 is 21.1 Å². The van der Waals surface area contributed by atoms with Gasteiger partial charge in [-0.15, -0.1) is 0 Å². The van der Waals surface area contributed by atoms with Crippen molar-refractivity contribution in [2.75, 3.05) is 0 Å². The van der Waals surface area contributed by atoms with Gasteiger partial charge < -0.3 is 12.4 Å². The van der Waals surface area contributed by atoms with Crippen LogP contribution in [0.2, 0.25) is 0 Å². The Bertz CT molecular complexity index is 484. The maximum atomic E-state index is 7.47. The number of aryl methyl sites for hydroxylation is 2. The third-order valence-corrected chi connectivity index (χ3v) is 1.91. The smallest absolute Gasteiger partial charge is 0.492 e. The summed E-state index contributed by atoms with van der Waals surface area (Å²) >= 11 is 0. The second kappa shape index (κ2) is 4.51. The monoisotopic (exact) mass is 361 g/mol. The molecule has 2 rings (SSSR count). The van der Waals surface area contributed by atoms with E-state index in [9.17, 15) is 0 Å². The number of hydrogen-bond acceptors (Lipinski definition) is 3. The second-order valence-corrected chi connectivity index (χ2v) is 2.64. The largest absolute Gasteiger partial charge is 2.00 e. The average Bonchev–Trinajstić information content (AvgIpc) is 2.48. The van der Waals surface area contributed by atoms with Gasteiger partial charge in [-0.05, 0) is 18.9 Å². The molecule has 74 valence electrons. The zero-order valence-electron chi connectivity index (χ0n) is 8.25. The molecule has 0 amide bonds. The first-order valence-corrected chi connectivity index (χ1v) is 3.57. The Balaban J connectivity index is 0.000000845. The molecule has 0 spiro atoms. The number of nitrogens with zero attached hydrogens (tertiary/aromatic N) is 3. The molecule has 0 saturated heterocycles. The van der Waals surface area contributed by atoms with Gasteiger partial charge in [-0.3, -0.25) is 15.0 Å². The Hall–Kier alpha value is -0.962. The van der Waals surface area contributed by atoms with Gasteiger partial charge >= 0.3 is 21.1 Å². The minimum Gasteiger partial charge on any atom is -0.492 e. The van der Waals surface area contributed by atoms with E-state index in [0.717, 1.165) is 16.9 Å². The molecule has 0 aromatic carbocycles. The van der Waals surface area contributed by atoms with Gasteiger partial charge in [0.05, 0.1) is 0 Å². The Morgan fingerprint density at radius 2 is 2.07 bits per heavy atom. The maximum Gasteiger partial charge on any atom is 2.00 e. The Morgan fingerprint density at radius 3 is 2.71 bits per heavy atom. The first-order valence-electron chi connectivity index (χ1n) is 3.57. The van der Waals surface area contributed by atoms with E-state index in [1.807, 2.05) is 13.8 Å². The van der Waals surface area contributed by atoms with Gasteiger partial charge in [-0.2, -0.15) is 0 Å². The minimum absolute atomic E-state index is 0. The van der Waals surface area contributed by atoms with Crippen LogP contribution < -0.4 is 5.62 Å². The van der Waals surface area contributed by atoms with Crippen LogP contribution in [0.3, 0.4) is 0 Å². The average molecular weight is 361 g/mol. The van der Waals surface area contributed by atoms with Crippen LogP contribution in [-0.4, -0.2) is 19.6 Å². The van der Waals surface area contributed by atoms with Crippen LogP contribution in [0.5, 0.6) is 0 Å². The van der Waals surface area contributed by atoms with Crippen molar-refractivity contribution >= 4 is 5.65 Å². The van der Waals surface area contributed by atoms with Crippen LogP contribution in [0.25, 0.3) is 5.65 Å². The standard InChI is InChI=1S/C7H8N5.CH3.W/c1-4-5(2)11-7(8)12-6(4)9-3-10-12;;/h8H,1-2H3,(H,9,10);1H3;/q2*-1;+2. The van der Waals surface area contributed by atoms with Crippen LogP contribution in [0.4, 0.5) is 0 Å². The van der Waals surface area contributed by atoms with Crippen molar-refractivity contribution in [3.63, 3.8) is 0 Å². The molecule has 14 heavy (non-hydrogen) atoms. The van der Waals surface area contributed by atoms with Gasteiger partial charge in [-0.1, -0.05) is 12.5 Å². The van der Waals surface area contributed by atoms with Gasteiger partial charge in [-0.25, -0.2) is 4.98 Å². The number of aromatic nitrogens is 4. The fourth-order valence-electron chi connectivity index (χ4n) is 1.10. The fourth-order valence-corrected chi connectivity index (χ4v) is 1.10. The molecule has 2 aromatic heterocycles. The zero-order chi connectivity index (χ0) is 8.72. The van der Waals surface area contributed by atoms with Crippen LogP contribution in [0.1, 0.15) is 11.3 Å². The molecule has 0 fully saturated rings. The number of aromatic amines is 1. The van der Waals surface area contributed by atoms with Crippen LogP contribution in [0.15, 0.2) is 0 Å². The molecule has 6 heteroatoms. The molecule has 0 radical (unpaired) electrons. The molecule has 0 aliphatic heterocycles. The van der Waals surface area contributed by atoms with Crippen molar-refractivity contribution in [1.82, 2.24) is 19.6 Å². The van der Waals surface area contributed by atoms with E-state index in [0.29, 0.717) is 0 Å². The summed E-state index contributed by atoms with van der Waals surface area (Å²) in [5.74, 6) is 0. The summed E-state index contributed by atoms with van der Waals surface area (Å²) in [7, 11) is 0. The molecule has 0 aliphatic carbocycles. The van der Waals surface area contributed by atoms with E-state index < -0.39 is 0 Å². The maximum absolute atomic E-state index is 7.47. The van der Waals surface area contributed by atoms with E-state index in [4.69, 9.17) is 5.41 Å². The normalized spacial score (nSPS) is 9.29. The first kappa shape index (κ1) is 13.0. The predicted octanol–water partition coefficient (Wildman–Crippen LogP) is 0.402. The summed E-state index contributed by atoms with van der Waals surface area (Å²) in [6.45, 7) is 3.80. The molecule has 0 bridgehead atoms. The Morgan fingerprint density at radius 1 is 1.43 bits per heavy atom. The van der Waals surface area contributed by atoms with E-state index in [1.54, 1.807) is 0 Å². The minimum atomic E-state index is 0. The molecular weight excluding hydrogens is 350 g/mol. The molecule has 0 aliphatic rings. The molecule has 5 nitrogen and oxygen atoms in total. The summed E-state index contributed by atoms with van der Waals surface area (Å²) in [5.41, 5.74) is 2.76. The zero-order valence-corrected chi connectivity index (χ0v) is 11.2. The van der Waals surface area contributed by atoms with Gasteiger partial charge in [0.25, 0.3) is 0 Å². The number of H-pyrrole nitrogens is 1. The van der Waals surface area contributed by atoms with Gasteiger partial charge in [0.15, 0.2) is 0 Å². The van der Waals surface area contributed by atoms with Gasteiger partial charge in [0, 0.05) is 5.69 Å². The predicted molar refractivity (Wildman–Crippen MR) is 47.9 cm³/mol. The van der Waals surface area contributed by atoms with Crippen molar-refractivity contribution in [1.29, 1.82) is 5.41 Å². The summed E-state index contributed by atoms with van der Waals surface area (Å²) in [4.78, 5) is 6.84. The Labute approximate surface area is 96.4 Å². The number of hydrogen-bond donors (Lipinski definition) is 2. The Kier molecular flexibility index (Phi) is 4.20. The third-order valence-electron chi connectivity index (χ3n) is 1.91. The van der Waals surface area contributed by atoms with E-state index in [2.05, 4.69) is 21.4 Å². The summed E-state index contributed by atoms with van der Waals surface area (Å²) < 4.78 is 1.42. The van der Waals surface area contributed by atoms with Gasteiger partial charge in [0.2, 0.25) is 5.62 Å². The molecule has 2 heterocycles. The summed E-state index contributed by atoms with van der Waals surface area (Å²) in [6.07, 6.45) is 2.57. The summed E-state index contributed by atoms with van der Waals surface area (Å²) in [6, 6.07) is 0. The quantitative estimate of drug-likeness (QED) is 0.668. The van der Waals surface area contributed by atoms with Crippen molar-refractivity contribution in [2.24, 2.45) is 0 Å². The van der Waals surface area contributed by atoms with Gasteiger partial charge in [0.1, 0.15) is 0 Å². The molecular formula is C8H11N5W. The number of fused-ring (bicyclic) bond motifs is 1. The van der Waals surface area contributed by atoms with Crippen LogP contribution in [0, 0.1) is 33.0 Å². The fraction of sp³-hybridized carbons (Fsp3) is 0.250. The van der Waals surface area contributed by atoms with E-state index in [1.165, 1.54) is 4.52 Å². The van der Waals surface area contributed by atoms with Crippen LogP contribution >= 0.6 is 0 Å². The van der Waals surface area contributed by atoms with Crippen molar-refractivity contribution in [2.45, 2.75) is 13.8 Å². The topological polar surface area (TPSA) is 69.8 Å². The summed E-state index contributed by atoms with van der Waals surface area (Å²) in [5, 5.41) is 11.3. The number of nitrogens with one attached hydrogen (secondary N) is 2. The first-order chi connectivity index (χ1) is 5.70.